The summed E-state index contributed by atoms with van der Waals surface area (Å²) in [5.74, 6) is -0.530. The number of benzene rings is 1. The number of nitrogens with two attached hydrogens (primary N) is 2. The van der Waals surface area contributed by atoms with E-state index in [9.17, 15) is 4.79 Å². The Balaban J connectivity index is 2.03. The summed E-state index contributed by atoms with van der Waals surface area (Å²) in [5.41, 5.74) is 12.4. The molecule has 1 aromatic carbocycles. The molecule has 1 amide bonds. The van der Waals surface area contributed by atoms with E-state index in [1.54, 1.807) is 12.1 Å². The van der Waals surface area contributed by atoms with Crippen molar-refractivity contribution in [1.29, 1.82) is 0 Å². The van der Waals surface area contributed by atoms with Crippen LogP contribution in [0, 0.1) is 0 Å². The number of halogens is 1. The number of likely N-dealkylation sites (tertiary alicyclic amines) is 1. The molecule has 0 saturated carbocycles. The Labute approximate surface area is 117 Å². The van der Waals surface area contributed by atoms with Gasteiger partial charge in [0, 0.05) is 18.8 Å². The van der Waals surface area contributed by atoms with Crippen molar-refractivity contribution in [3.8, 4) is 0 Å². The molecule has 5 nitrogen and oxygen atoms in total. The van der Waals surface area contributed by atoms with Crippen molar-refractivity contribution < 1.29 is 4.79 Å². The molecule has 1 fully saturated rings. The Morgan fingerprint density at radius 1 is 1.37 bits per heavy atom. The topological polar surface area (TPSA) is 84.4 Å². The van der Waals surface area contributed by atoms with E-state index >= 15 is 0 Å². The van der Waals surface area contributed by atoms with E-state index in [0.717, 1.165) is 26.2 Å². The number of nitrogen functional groups attached to an aromatic ring is 1. The summed E-state index contributed by atoms with van der Waals surface area (Å²) in [4.78, 5) is 13.8. The summed E-state index contributed by atoms with van der Waals surface area (Å²) in [6.45, 7) is 3.93. The minimum Gasteiger partial charge on any atom is -0.399 e. The molecule has 19 heavy (non-hydrogen) atoms. The van der Waals surface area contributed by atoms with Crippen LogP contribution in [0.4, 0.5) is 11.4 Å². The predicted octanol–water partition coefficient (Wildman–Crippen LogP) is 1.53. The van der Waals surface area contributed by atoms with Crippen LogP contribution in [0.2, 0.25) is 5.02 Å². The number of carbonyl (C=O) groups is 1. The van der Waals surface area contributed by atoms with Crippen LogP contribution >= 0.6 is 11.6 Å². The third-order valence-corrected chi connectivity index (χ3v) is 3.60. The van der Waals surface area contributed by atoms with Gasteiger partial charge in [0.05, 0.1) is 16.3 Å². The van der Waals surface area contributed by atoms with E-state index < -0.39 is 5.91 Å². The highest BCUT2D eigenvalue weighted by Gasteiger charge is 2.14. The molecule has 0 bridgehead atoms. The second kappa shape index (κ2) is 6.12. The van der Waals surface area contributed by atoms with Gasteiger partial charge in [-0.05, 0) is 38.1 Å². The van der Waals surface area contributed by atoms with Gasteiger partial charge in [0.1, 0.15) is 0 Å². The van der Waals surface area contributed by atoms with E-state index in [1.807, 2.05) is 0 Å². The summed E-state index contributed by atoms with van der Waals surface area (Å²) in [6.07, 6.45) is 2.52. The van der Waals surface area contributed by atoms with Gasteiger partial charge in [0.25, 0.3) is 5.91 Å². The van der Waals surface area contributed by atoms with Gasteiger partial charge in [-0.3, -0.25) is 4.79 Å². The monoisotopic (exact) mass is 282 g/mol. The molecular formula is C13H19ClN4O. The number of hydrogen-bond donors (Lipinski definition) is 3. The molecule has 5 N–H and O–H groups in total. The van der Waals surface area contributed by atoms with Crippen LogP contribution in [0.3, 0.4) is 0 Å². The normalized spacial score (nSPS) is 15.6. The van der Waals surface area contributed by atoms with Crippen molar-refractivity contribution >= 4 is 28.9 Å². The molecular weight excluding hydrogens is 264 g/mol. The first kappa shape index (κ1) is 14.0. The summed E-state index contributed by atoms with van der Waals surface area (Å²) in [6, 6.07) is 3.17. The Hall–Kier alpha value is -1.46. The average Bonchev–Trinajstić information content (AvgIpc) is 2.84. The minimum absolute atomic E-state index is 0.339. The van der Waals surface area contributed by atoms with Crippen molar-refractivity contribution in [2.45, 2.75) is 12.8 Å². The summed E-state index contributed by atoms with van der Waals surface area (Å²) >= 11 is 6.11. The van der Waals surface area contributed by atoms with Crippen LogP contribution in [0.25, 0.3) is 0 Å². The van der Waals surface area contributed by atoms with Gasteiger partial charge in [0.2, 0.25) is 0 Å². The molecule has 0 unspecified atom stereocenters. The van der Waals surface area contributed by atoms with Crippen LogP contribution < -0.4 is 16.8 Å². The van der Waals surface area contributed by atoms with Gasteiger partial charge < -0.3 is 21.7 Å². The zero-order valence-electron chi connectivity index (χ0n) is 10.8. The standard InChI is InChI=1S/C13H19ClN4O/c14-11-8-9(15)7-10(13(16)19)12(11)17-3-6-18-4-1-2-5-18/h7-8,17H,1-6,15H2,(H2,16,19). The van der Waals surface area contributed by atoms with Crippen molar-refractivity contribution in [1.82, 2.24) is 4.90 Å². The Morgan fingerprint density at radius 3 is 2.68 bits per heavy atom. The highest BCUT2D eigenvalue weighted by atomic mass is 35.5. The fraction of sp³-hybridized carbons (Fsp3) is 0.462. The average molecular weight is 283 g/mol. The smallest absolute Gasteiger partial charge is 0.250 e. The largest absolute Gasteiger partial charge is 0.399 e. The van der Waals surface area contributed by atoms with E-state index in [1.165, 1.54) is 12.8 Å². The quantitative estimate of drug-likeness (QED) is 0.715. The number of carbonyl (C=O) groups excluding carboxylic acids is 1. The first-order valence-electron chi connectivity index (χ1n) is 6.43. The molecule has 6 heteroatoms. The Kier molecular flexibility index (Phi) is 4.50. The lowest BCUT2D eigenvalue weighted by molar-refractivity contribution is 0.100. The van der Waals surface area contributed by atoms with E-state index in [2.05, 4.69) is 10.2 Å². The minimum atomic E-state index is -0.530. The third-order valence-electron chi connectivity index (χ3n) is 3.31. The summed E-state index contributed by atoms with van der Waals surface area (Å²) < 4.78 is 0. The molecule has 1 aromatic rings. The molecule has 1 aliphatic rings. The van der Waals surface area contributed by atoms with Crippen LogP contribution in [-0.4, -0.2) is 37.0 Å². The highest BCUT2D eigenvalue weighted by Crippen LogP contribution is 2.28. The van der Waals surface area contributed by atoms with Crippen molar-refractivity contribution in [2.24, 2.45) is 5.73 Å². The fourth-order valence-corrected chi connectivity index (χ4v) is 2.64. The highest BCUT2D eigenvalue weighted by molar-refractivity contribution is 6.34. The molecule has 0 atom stereocenters. The predicted molar refractivity (Wildman–Crippen MR) is 78.5 cm³/mol. The maximum absolute atomic E-state index is 11.4. The van der Waals surface area contributed by atoms with Gasteiger partial charge in [-0.25, -0.2) is 0 Å². The first-order valence-corrected chi connectivity index (χ1v) is 6.81. The molecule has 0 radical (unpaired) electrons. The molecule has 2 rings (SSSR count). The molecule has 0 spiro atoms. The number of primary amides is 1. The van der Waals surface area contributed by atoms with Gasteiger partial charge in [0.15, 0.2) is 0 Å². The van der Waals surface area contributed by atoms with Gasteiger partial charge in [-0.15, -0.1) is 0 Å². The van der Waals surface area contributed by atoms with E-state index in [4.69, 9.17) is 23.1 Å². The number of hydrogen-bond acceptors (Lipinski definition) is 4. The molecule has 1 aliphatic heterocycles. The Bertz CT molecular complexity index is 472. The lowest BCUT2D eigenvalue weighted by Gasteiger charge is -2.17. The molecule has 1 heterocycles. The van der Waals surface area contributed by atoms with Gasteiger partial charge >= 0.3 is 0 Å². The number of nitrogens with zero attached hydrogens (tertiary/aromatic N) is 1. The van der Waals surface area contributed by atoms with Crippen LogP contribution in [0.15, 0.2) is 12.1 Å². The van der Waals surface area contributed by atoms with Crippen LogP contribution in [0.5, 0.6) is 0 Å². The van der Waals surface area contributed by atoms with Crippen molar-refractivity contribution in [3.63, 3.8) is 0 Å². The lowest BCUT2D eigenvalue weighted by Crippen LogP contribution is -2.26. The van der Waals surface area contributed by atoms with Gasteiger partial charge in [-0.2, -0.15) is 0 Å². The zero-order chi connectivity index (χ0) is 13.8. The van der Waals surface area contributed by atoms with Crippen molar-refractivity contribution in [2.75, 3.05) is 37.2 Å². The van der Waals surface area contributed by atoms with E-state index in [0.29, 0.717) is 22.0 Å². The van der Waals surface area contributed by atoms with Crippen LogP contribution in [0.1, 0.15) is 23.2 Å². The summed E-state index contributed by atoms with van der Waals surface area (Å²) in [5, 5.41) is 3.61. The van der Waals surface area contributed by atoms with E-state index in [-0.39, 0.29) is 0 Å². The second-order valence-electron chi connectivity index (χ2n) is 4.77. The second-order valence-corrected chi connectivity index (χ2v) is 5.17. The molecule has 1 saturated heterocycles. The SMILES string of the molecule is NC(=O)c1cc(N)cc(Cl)c1NCCN1CCCC1. The fourth-order valence-electron chi connectivity index (χ4n) is 2.35. The number of rotatable bonds is 5. The summed E-state index contributed by atoms with van der Waals surface area (Å²) in [7, 11) is 0. The van der Waals surface area contributed by atoms with Crippen LogP contribution in [-0.2, 0) is 0 Å². The maximum Gasteiger partial charge on any atom is 0.250 e. The molecule has 104 valence electrons. The third kappa shape index (κ3) is 3.52. The zero-order valence-corrected chi connectivity index (χ0v) is 11.5. The molecule has 0 aromatic heterocycles. The molecule has 0 aliphatic carbocycles. The number of anilines is 2. The first-order chi connectivity index (χ1) is 9.08. The Morgan fingerprint density at radius 2 is 2.05 bits per heavy atom. The number of nitrogens with one attached hydrogen (secondary N) is 1. The lowest BCUT2D eigenvalue weighted by atomic mass is 10.1. The van der Waals surface area contributed by atoms with Crippen molar-refractivity contribution in [3.05, 3.63) is 22.7 Å². The maximum atomic E-state index is 11.4. The van der Waals surface area contributed by atoms with Gasteiger partial charge in [-0.1, -0.05) is 11.6 Å². The number of amides is 1.